The number of aryl methyl sites for hydroxylation is 2. The first-order valence-electron chi connectivity index (χ1n) is 11.4. The van der Waals surface area contributed by atoms with Gasteiger partial charge in [0.25, 0.3) is 0 Å². The van der Waals surface area contributed by atoms with E-state index in [0.717, 1.165) is 56.4 Å². The zero-order chi connectivity index (χ0) is 23.6. The monoisotopic (exact) mass is 486 g/mol. The number of thiazole rings is 1. The molecule has 1 amide bonds. The Bertz CT molecular complexity index is 1600. The average molecular weight is 487 g/mol. The van der Waals surface area contributed by atoms with Crippen LogP contribution in [0.5, 0.6) is 0 Å². The molecule has 1 aliphatic rings. The lowest BCUT2D eigenvalue weighted by molar-refractivity contribution is -0.122. The maximum absolute atomic E-state index is 12.1. The van der Waals surface area contributed by atoms with Crippen LogP contribution in [0.2, 0.25) is 5.02 Å². The standard InChI is InChI=1S/C27H23ClN4OS/c1-4-19-15(2)13-21-25(24(19)16-5-8-18(28)9-6-16)34-27(29-21)17-7-10-22-20(14-17)26(30-31(22)3)32-12-11-23(32)33/h5-10,13-14H,4,11-12H2,1-3H3. The van der Waals surface area contributed by atoms with Crippen LogP contribution in [0, 0.1) is 6.92 Å². The van der Waals surface area contributed by atoms with Crippen molar-refractivity contribution in [1.82, 2.24) is 14.8 Å². The van der Waals surface area contributed by atoms with Crippen molar-refractivity contribution in [1.29, 1.82) is 0 Å². The normalized spacial score (nSPS) is 13.8. The van der Waals surface area contributed by atoms with Crippen LogP contribution in [0.1, 0.15) is 24.5 Å². The minimum Gasteiger partial charge on any atom is -0.294 e. The number of aromatic nitrogens is 3. The number of carbonyl (C=O) groups is 1. The van der Waals surface area contributed by atoms with E-state index < -0.39 is 0 Å². The van der Waals surface area contributed by atoms with Crippen LogP contribution in [0.3, 0.4) is 0 Å². The van der Waals surface area contributed by atoms with E-state index in [4.69, 9.17) is 16.6 Å². The van der Waals surface area contributed by atoms with Gasteiger partial charge in [-0.25, -0.2) is 4.98 Å². The van der Waals surface area contributed by atoms with Gasteiger partial charge in [0.05, 0.1) is 15.7 Å². The highest BCUT2D eigenvalue weighted by Crippen LogP contribution is 2.42. The second-order valence-corrected chi connectivity index (χ2v) is 10.2. The highest BCUT2D eigenvalue weighted by molar-refractivity contribution is 7.22. The van der Waals surface area contributed by atoms with Crippen LogP contribution in [0.25, 0.3) is 42.8 Å². The third-order valence-corrected chi connectivity index (χ3v) is 8.07. The molecule has 5 nitrogen and oxygen atoms in total. The third-order valence-electron chi connectivity index (χ3n) is 6.68. The fourth-order valence-electron chi connectivity index (χ4n) is 4.85. The van der Waals surface area contributed by atoms with Gasteiger partial charge in [0.2, 0.25) is 5.91 Å². The van der Waals surface area contributed by atoms with Crippen molar-refractivity contribution in [3.8, 4) is 21.7 Å². The predicted molar refractivity (Wildman–Crippen MR) is 141 cm³/mol. The van der Waals surface area contributed by atoms with E-state index in [1.54, 1.807) is 16.2 Å². The molecule has 1 aliphatic heterocycles. The number of rotatable bonds is 4. The summed E-state index contributed by atoms with van der Waals surface area (Å²) in [7, 11) is 1.92. The number of halogens is 1. The first kappa shape index (κ1) is 21.3. The van der Waals surface area contributed by atoms with Crippen LogP contribution in [-0.2, 0) is 18.3 Å². The molecular formula is C27H23ClN4OS. The number of nitrogens with zero attached hydrogens (tertiary/aromatic N) is 4. The summed E-state index contributed by atoms with van der Waals surface area (Å²) in [6, 6.07) is 16.6. The fraction of sp³-hybridized carbons (Fsp3) is 0.222. The topological polar surface area (TPSA) is 51.0 Å². The van der Waals surface area contributed by atoms with Crippen molar-refractivity contribution in [3.05, 3.63) is 64.7 Å². The zero-order valence-corrected chi connectivity index (χ0v) is 20.8. The Kier molecular flexibility index (Phi) is 4.97. The molecule has 2 aromatic heterocycles. The third kappa shape index (κ3) is 3.24. The molecule has 0 bridgehead atoms. The van der Waals surface area contributed by atoms with Crippen molar-refractivity contribution < 1.29 is 4.79 Å². The minimum atomic E-state index is 0.126. The van der Waals surface area contributed by atoms with E-state index in [0.29, 0.717) is 6.42 Å². The van der Waals surface area contributed by atoms with Crippen LogP contribution in [0.4, 0.5) is 5.82 Å². The van der Waals surface area contributed by atoms with Crippen molar-refractivity contribution in [3.63, 3.8) is 0 Å². The first-order chi connectivity index (χ1) is 16.4. The molecule has 34 heavy (non-hydrogen) atoms. The van der Waals surface area contributed by atoms with E-state index in [9.17, 15) is 4.79 Å². The molecular weight excluding hydrogens is 464 g/mol. The molecule has 1 fully saturated rings. The molecule has 0 aliphatic carbocycles. The van der Waals surface area contributed by atoms with Gasteiger partial charge in [0.1, 0.15) is 5.01 Å². The summed E-state index contributed by atoms with van der Waals surface area (Å²) in [4.78, 5) is 18.9. The maximum Gasteiger partial charge on any atom is 0.230 e. The molecule has 0 saturated carbocycles. The van der Waals surface area contributed by atoms with Gasteiger partial charge < -0.3 is 0 Å². The van der Waals surface area contributed by atoms with E-state index in [1.807, 2.05) is 23.9 Å². The van der Waals surface area contributed by atoms with Gasteiger partial charge in [-0.05, 0) is 66.4 Å². The summed E-state index contributed by atoms with van der Waals surface area (Å²) < 4.78 is 3.03. The molecule has 7 heteroatoms. The van der Waals surface area contributed by atoms with Crippen LogP contribution >= 0.6 is 22.9 Å². The Morgan fingerprint density at radius 2 is 1.85 bits per heavy atom. The fourth-order valence-corrected chi connectivity index (χ4v) is 6.12. The average Bonchev–Trinajstić information content (AvgIpc) is 3.38. The lowest BCUT2D eigenvalue weighted by atomic mass is 9.94. The Labute approximate surface area is 206 Å². The molecule has 3 aromatic carbocycles. The van der Waals surface area contributed by atoms with Gasteiger partial charge in [-0.15, -0.1) is 11.3 Å². The number of hydrogen-bond donors (Lipinski definition) is 0. The Hall–Kier alpha value is -3.22. The van der Waals surface area contributed by atoms with Crippen molar-refractivity contribution >= 4 is 55.8 Å². The molecule has 0 N–H and O–H groups in total. The summed E-state index contributed by atoms with van der Waals surface area (Å²) >= 11 is 7.89. The summed E-state index contributed by atoms with van der Waals surface area (Å²) in [5.41, 5.74) is 8.03. The summed E-state index contributed by atoms with van der Waals surface area (Å²) in [6.45, 7) is 5.08. The largest absolute Gasteiger partial charge is 0.294 e. The second-order valence-electron chi connectivity index (χ2n) is 8.75. The predicted octanol–water partition coefficient (Wildman–Crippen LogP) is 6.78. The molecule has 3 heterocycles. The highest BCUT2D eigenvalue weighted by atomic mass is 35.5. The molecule has 5 aromatic rings. The SMILES string of the molecule is CCc1c(C)cc2nc(-c3ccc4c(c3)c(N3CCC3=O)nn4C)sc2c1-c1ccc(Cl)cc1. The number of benzene rings is 3. The van der Waals surface area contributed by atoms with Gasteiger partial charge in [-0.3, -0.25) is 14.4 Å². The molecule has 0 atom stereocenters. The van der Waals surface area contributed by atoms with Crippen molar-refractivity contribution in [2.45, 2.75) is 26.7 Å². The van der Waals surface area contributed by atoms with Gasteiger partial charge in [-0.1, -0.05) is 30.7 Å². The van der Waals surface area contributed by atoms with Crippen LogP contribution < -0.4 is 4.90 Å². The van der Waals surface area contributed by atoms with Crippen molar-refractivity contribution in [2.75, 3.05) is 11.4 Å². The molecule has 170 valence electrons. The summed E-state index contributed by atoms with van der Waals surface area (Å²) in [5.74, 6) is 0.864. The lowest BCUT2D eigenvalue weighted by Gasteiger charge is -2.28. The number of carbonyl (C=O) groups excluding carboxylic acids is 1. The molecule has 0 unspecified atom stereocenters. The molecule has 0 spiro atoms. The van der Waals surface area contributed by atoms with Crippen LogP contribution in [-0.4, -0.2) is 27.2 Å². The van der Waals surface area contributed by atoms with Gasteiger partial charge >= 0.3 is 0 Å². The van der Waals surface area contributed by atoms with Gasteiger partial charge in [0.15, 0.2) is 5.82 Å². The van der Waals surface area contributed by atoms with E-state index >= 15 is 0 Å². The summed E-state index contributed by atoms with van der Waals surface area (Å²) in [5, 5.41) is 7.31. The lowest BCUT2D eigenvalue weighted by Crippen LogP contribution is -2.43. The van der Waals surface area contributed by atoms with Gasteiger partial charge in [0, 0.05) is 41.5 Å². The second kappa shape index (κ2) is 7.93. The van der Waals surface area contributed by atoms with E-state index in [2.05, 4.69) is 55.3 Å². The van der Waals surface area contributed by atoms with E-state index in [1.165, 1.54) is 21.4 Å². The maximum atomic E-state index is 12.1. The quantitative estimate of drug-likeness (QED) is 0.263. The number of β-lactam (4-membered cyclic amide) rings is 1. The number of amides is 1. The minimum absolute atomic E-state index is 0.126. The van der Waals surface area contributed by atoms with Crippen molar-refractivity contribution in [2.24, 2.45) is 7.05 Å². The number of anilines is 1. The molecule has 1 saturated heterocycles. The molecule has 6 rings (SSSR count). The zero-order valence-electron chi connectivity index (χ0n) is 19.2. The number of fused-ring (bicyclic) bond motifs is 2. The van der Waals surface area contributed by atoms with Crippen LogP contribution in [0.15, 0.2) is 48.5 Å². The Morgan fingerprint density at radius 3 is 2.53 bits per heavy atom. The smallest absolute Gasteiger partial charge is 0.230 e. The highest BCUT2D eigenvalue weighted by Gasteiger charge is 2.29. The Morgan fingerprint density at radius 1 is 1.09 bits per heavy atom. The summed E-state index contributed by atoms with van der Waals surface area (Å²) in [6.07, 6.45) is 1.53. The molecule has 0 radical (unpaired) electrons. The first-order valence-corrected chi connectivity index (χ1v) is 12.6. The van der Waals surface area contributed by atoms with E-state index in [-0.39, 0.29) is 5.91 Å². The Balaban J connectivity index is 1.54. The number of hydrogen-bond acceptors (Lipinski definition) is 4. The van der Waals surface area contributed by atoms with Gasteiger partial charge in [-0.2, -0.15) is 5.10 Å².